The smallest absolute Gasteiger partial charge is 0.341 e. The van der Waals surface area contributed by atoms with Gasteiger partial charge in [0.2, 0.25) is 0 Å². The molecule has 2 aromatic rings. The quantitative estimate of drug-likeness (QED) is 0.426. The first-order valence-corrected chi connectivity index (χ1v) is 12.9. The monoisotopic (exact) mass is 473 g/mol. The molecule has 1 aliphatic heterocycles. The summed E-state index contributed by atoms with van der Waals surface area (Å²) in [7, 11) is -4.03. The van der Waals surface area contributed by atoms with Gasteiger partial charge in [0, 0.05) is 12.5 Å². The number of aromatic carboxylic acids is 1. The molecule has 8 nitrogen and oxygen atoms in total. The van der Waals surface area contributed by atoms with Gasteiger partial charge in [-0.15, -0.1) is 0 Å². The van der Waals surface area contributed by atoms with Gasteiger partial charge >= 0.3 is 5.97 Å². The second kappa shape index (κ2) is 9.61. The van der Waals surface area contributed by atoms with Gasteiger partial charge in [-0.25, -0.2) is 13.2 Å². The number of nitrogens with one attached hydrogen (secondary N) is 2. The van der Waals surface area contributed by atoms with Gasteiger partial charge in [-0.3, -0.25) is 4.72 Å². The van der Waals surface area contributed by atoms with Crippen molar-refractivity contribution in [3.63, 3.8) is 0 Å². The number of hydrogen-bond acceptors (Lipinski definition) is 6. The van der Waals surface area contributed by atoms with Crippen molar-refractivity contribution in [2.75, 3.05) is 42.8 Å². The van der Waals surface area contributed by atoms with Crippen molar-refractivity contribution >= 4 is 27.4 Å². The lowest BCUT2D eigenvalue weighted by Gasteiger charge is -2.21. The highest BCUT2D eigenvalue weighted by Crippen LogP contribution is 2.55. The third-order valence-electron chi connectivity index (χ3n) is 6.45. The Balaban J connectivity index is 1.55. The van der Waals surface area contributed by atoms with Crippen molar-refractivity contribution in [1.82, 2.24) is 4.90 Å². The first kappa shape index (κ1) is 23.4. The summed E-state index contributed by atoms with van der Waals surface area (Å²) in [4.78, 5) is 14.4. The third kappa shape index (κ3) is 4.94. The fraction of sp³-hybridized carbons (Fsp3) is 0.458. The fourth-order valence-corrected chi connectivity index (χ4v) is 5.72. The zero-order valence-corrected chi connectivity index (χ0v) is 19.8. The first-order chi connectivity index (χ1) is 15.9. The molecule has 2 aromatic carbocycles. The molecule has 1 heterocycles. The molecule has 0 saturated heterocycles. The van der Waals surface area contributed by atoms with Crippen molar-refractivity contribution in [1.29, 1.82) is 0 Å². The van der Waals surface area contributed by atoms with Crippen LogP contribution < -0.4 is 14.8 Å². The number of ether oxygens (including phenoxy) is 1. The van der Waals surface area contributed by atoms with Gasteiger partial charge in [0.1, 0.15) is 16.2 Å². The Morgan fingerprint density at radius 1 is 1.15 bits per heavy atom. The molecule has 1 saturated carbocycles. The molecule has 0 unspecified atom stereocenters. The lowest BCUT2D eigenvalue weighted by molar-refractivity contribution is 0.0692. The third-order valence-corrected chi connectivity index (χ3v) is 7.87. The Bertz CT molecular complexity index is 1130. The summed E-state index contributed by atoms with van der Waals surface area (Å²) in [6.45, 7) is 8.20. The van der Waals surface area contributed by atoms with E-state index in [0.717, 1.165) is 38.0 Å². The van der Waals surface area contributed by atoms with Gasteiger partial charge in [0.25, 0.3) is 10.0 Å². The molecule has 2 atom stereocenters. The Labute approximate surface area is 195 Å². The van der Waals surface area contributed by atoms with E-state index in [9.17, 15) is 18.3 Å². The van der Waals surface area contributed by atoms with Crippen LogP contribution in [0, 0.1) is 5.92 Å². The Morgan fingerprint density at radius 2 is 1.91 bits per heavy atom. The molecule has 9 heteroatoms. The summed E-state index contributed by atoms with van der Waals surface area (Å²) in [5, 5.41) is 13.1. The number of carboxylic acids is 1. The standard InChI is InChI=1S/C24H31N3O5S/c1-3-27(4-2)13-7-12-25-19-8-5-6-9-21(19)33(30,31)26-20-11-10-17-18-14-16(18)15-32-23(17)22(20)24(28)29/h5-6,8-11,16,18,25-26H,3-4,7,12-15H2,1-2H3,(H,28,29)/t16-,18-/m0/s1. The maximum atomic E-state index is 13.3. The van der Waals surface area contributed by atoms with Gasteiger partial charge in [-0.2, -0.15) is 0 Å². The molecule has 2 aliphatic rings. The Morgan fingerprint density at radius 3 is 2.64 bits per heavy atom. The largest absolute Gasteiger partial charge is 0.492 e. The number of hydrogen-bond donors (Lipinski definition) is 3. The van der Waals surface area contributed by atoms with Crippen molar-refractivity contribution in [3.8, 4) is 5.75 Å². The van der Waals surface area contributed by atoms with Crippen LogP contribution >= 0.6 is 0 Å². The number of carboxylic acid groups (broad SMARTS) is 1. The van der Waals surface area contributed by atoms with Crippen LogP contribution in [0.15, 0.2) is 41.3 Å². The summed E-state index contributed by atoms with van der Waals surface area (Å²) in [5.74, 6) is -0.198. The van der Waals surface area contributed by atoms with Crippen molar-refractivity contribution in [3.05, 3.63) is 47.5 Å². The molecular weight excluding hydrogens is 442 g/mol. The molecule has 0 bridgehead atoms. The average Bonchev–Trinajstić information content (AvgIpc) is 3.59. The highest BCUT2D eigenvalue weighted by atomic mass is 32.2. The number of fused-ring (bicyclic) bond motifs is 3. The van der Waals surface area contributed by atoms with Crippen LogP contribution in [0.1, 0.15) is 48.5 Å². The van der Waals surface area contributed by atoms with Crippen molar-refractivity contribution in [2.24, 2.45) is 5.92 Å². The van der Waals surface area contributed by atoms with Crippen molar-refractivity contribution < 1.29 is 23.1 Å². The second-order valence-electron chi connectivity index (χ2n) is 8.53. The van der Waals surface area contributed by atoms with Crippen LogP contribution in [0.4, 0.5) is 11.4 Å². The molecule has 3 N–H and O–H groups in total. The minimum atomic E-state index is -4.03. The molecule has 1 aliphatic carbocycles. The van der Waals surface area contributed by atoms with Gasteiger partial charge in [0.05, 0.1) is 18.0 Å². The highest BCUT2D eigenvalue weighted by Gasteiger charge is 2.45. The number of rotatable bonds is 11. The summed E-state index contributed by atoms with van der Waals surface area (Å²) >= 11 is 0. The number of carbonyl (C=O) groups is 1. The van der Waals surface area contributed by atoms with Gasteiger partial charge < -0.3 is 20.1 Å². The molecule has 4 rings (SSSR count). The lowest BCUT2D eigenvalue weighted by atomic mass is 10.0. The van der Waals surface area contributed by atoms with Gasteiger partial charge in [-0.1, -0.05) is 32.0 Å². The van der Waals surface area contributed by atoms with Gasteiger partial charge in [0.15, 0.2) is 0 Å². The van der Waals surface area contributed by atoms with E-state index in [1.807, 2.05) is 0 Å². The minimum absolute atomic E-state index is 0.0108. The van der Waals surface area contributed by atoms with E-state index < -0.39 is 16.0 Å². The normalized spacial score (nSPS) is 18.8. The number of benzene rings is 2. The number of sulfonamides is 1. The van der Waals surface area contributed by atoms with Crippen LogP contribution in [-0.2, 0) is 10.0 Å². The lowest BCUT2D eigenvalue weighted by Crippen LogP contribution is -2.25. The van der Waals surface area contributed by atoms with E-state index >= 15 is 0 Å². The molecule has 0 aromatic heterocycles. The summed E-state index contributed by atoms with van der Waals surface area (Å²) < 4.78 is 34.8. The highest BCUT2D eigenvalue weighted by molar-refractivity contribution is 7.92. The van der Waals surface area contributed by atoms with Crippen LogP contribution in [0.2, 0.25) is 0 Å². The predicted octanol–water partition coefficient (Wildman–Crippen LogP) is 3.83. The van der Waals surface area contributed by atoms with E-state index in [0.29, 0.717) is 30.7 Å². The topological polar surface area (TPSA) is 108 Å². The average molecular weight is 474 g/mol. The summed E-state index contributed by atoms with van der Waals surface area (Å²) in [6, 6.07) is 9.96. The maximum absolute atomic E-state index is 13.3. The molecule has 0 radical (unpaired) electrons. The second-order valence-corrected chi connectivity index (χ2v) is 10.2. The van der Waals surface area contributed by atoms with Crippen LogP contribution in [0.3, 0.4) is 0 Å². The van der Waals surface area contributed by atoms with Crippen LogP contribution in [0.5, 0.6) is 5.75 Å². The zero-order valence-electron chi connectivity index (χ0n) is 19.0. The van der Waals surface area contributed by atoms with Crippen LogP contribution in [0.25, 0.3) is 0 Å². The first-order valence-electron chi connectivity index (χ1n) is 11.5. The van der Waals surface area contributed by atoms with Crippen LogP contribution in [-0.4, -0.2) is 57.2 Å². The molecule has 0 spiro atoms. The molecule has 33 heavy (non-hydrogen) atoms. The number of anilines is 2. The maximum Gasteiger partial charge on any atom is 0.341 e. The predicted molar refractivity (Wildman–Crippen MR) is 128 cm³/mol. The summed E-state index contributed by atoms with van der Waals surface area (Å²) in [5.41, 5.74) is 1.21. The number of para-hydroxylation sites is 1. The van der Waals surface area contributed by atoms with E-state index in [-0.39, 0.29) is 21.9 Å². The SMILES string of the molecule is CCN(CC)CCCNc1ccccc1S(=O)(=O)Nc1ccc2c(c1C(=O)O)OC[C@@H]1C[C@H]21. The number of nitrogens with zero attached hydrogens (tertiary/aromatic N) is 1. The fourth-order valence-electron chi connectivity index (χ4n) is 4.46. The van der Waals surface area contributed by atoms with Crippen molar-refractivity contribution in [2.45, 2.75) is 37.5 Å². The van der Waals surface area contributed by atoms with E-state index in [4.69, 9.17) is 4.74 Å². The Hall–Kier alpha value is -2.78. The zero-order chi connectivity index (χ0) is 23.6. The van der Waals surface area contributed by atoms with E-state index in [2.05, 4.69) is 28.8 Å². The van der Waals surface area contributed by atoms with Gasteiger partial charge in [-0.05, 0) is 62.2 Å². The minimum Gasteiger partial charge on any atom is -0.492 e. The summed E-state index contributed by atoms with van der Waals surface area (Å²) in [6.07, 6.45) is 1.85. The van der Waals surface area contributed by atoms with E-state index in [1.54, 1.807) is 24.3 Å². The molecular formula is C24H31N3O5S. The molecule has 0 amide bonds. The van der Waals surface area contributed by atoms with E-state index in [1.165, 1.54) is 12.1 Å². The molecule has 178 valence electrons. The molecule has 1 fully saturated rings. The Kier molecular flexibility index (Phi) is 6.81.